The minimum absolute atomic E-state index is 0.178. The quantitative estimate of drug-likeness (QED) is 0.372. The molecule has 0 aliphatic carbocycles. The number of hydrogen-bond acceptors (Lipinski definition) is 6. The number of benzene rings is 2. The molecule has 0 unspecified atom stereocenters. The van der Waals surface area contributed by atoms with Gasteiger partial charge in [0.2, 0.25) is 0 Å². The molecule has 2 aromatic carbocycles. The molecular weight excluding hydrogens is 413 g/mol. The Hall–Kier alpha value is -4.02. The highest BCUT2D eigenvalue weighted by molar-refractivity contribution is 5.89. The van der Waals surface area contributed by atoms with Gasteiger partial charge in [0.25, 0.3) is 0 Å². The second kappa shape index (κ2) is 9.20. The Morgan fingerprint density at radius 1 is 1.19 bits per heavy atom. The minimum Gasteiger partial charge on any atom is -0.488 e. The number of nitrogens with zero attached hydrogens (tertiary/aromatic N) is 3. The molecule has 0 bridgehead atoms. The fraction of sp³-hybridized carbons (Fsp3) is 0.150. The number of rotatable bonds is 6. The van der Waals surface area contributed by atoms with Crippen molar-refractivity contribution in [2.75, 3.05) is 5.32 Å². The summed E-state index contributed by atoms with van der Waals surface area (Å²) in [6.45, 7) is 1.48. The first-order chi connectivity index (χ1) is 14.8. The molecule has 1 aromatic heterocycles. The number of aromatic nitrogens is 2. The lowest BCUT2D eigenvalue weighted by molar-refractivity contribution is -0.139. The molecule has 1 heterocycles. The third kappa shape index (κ3) is 5.53. The van der Waals surface area contributed by atoms with Crippen LogP contribution < -0.4 is 15.5 Å². The van der Waals surface area contributed by atoms with Crippen molar-refractivity contribution in [3.63, 3.8) is 0 Å². The number of anilines is 1. The maximum atomic E-state index is 13.7. The number of ether oxygens (including phenoxy) is 1. The smallest absolute Gasteiger partial charge is 0.419 e. The summed E-state index contributed by atoms with van der Waals surface area (Å²) in [5.74, 6) is -0.193. The van der Waals surface area contributed by atoms with E-state index in [0.29, 0.717) is 16.9 Å². The number of aryl methyl sites for hydroxylation is 1. The second-order valence-electron chi connectivity index (χ2n) is 6.35. The van der Waals surface area contributed by atoms with Crippen molar-refractivity contribution in [1.82, 2.24) is 15.4 Å². The van der Waals surface area contributed by atoms with Crippen molar-refractivity contribution in [3.05, 3.63) is 71.5 Å². The van der Waals surface area contributed by atoms with Crippen molar-refractivity contribution in [3.8, 4) is 17.1 Å². The molecule has 3 rings (SSSR count). The molecule has 0 saturated heterocycles. The molecule has 3 aromatic rings. The van der Waals surface area contributed by atoms with Gasteiger partial charge >= 0.3 is 12.2 Å². The third-order valence-electron chi connectivity index (χ3n) is 4.14. The topological polar surface area (TPSA) is 112 Å². The largest absolute Gasteiger partial charge is 0.488 e. The van der Waals surface area contributed by atoms with Crippen LogP contribution in [0.5, 0.6) is 5.75 Å². The normalized spacial score (nSPS) is 11.0. The molecule has 0 atom stereocenters. The van der Waals surface area contributed by atoms with Gasteiger partial charge in [0, 0.05) is 28.7 Å². The van der Waals surface area contributed by atoms with Gasteiger partial charge in [-0.15, -0.1) is 0 Å². The van der Waals surface area contributed by atoms with E-state index in [9.17, 15) is 18.0 Å². The fourth-order valence-corrected chi connectivity index (χ4v) is 2.73. The highest BCUT2D eigenvalue weighted by atomic mass is 19.4. The molecule has 3 N–H and O–H groups in total. The summed E-state index contributed by atoms with van der Waals surface area (Å²) >= 11 is 0. The number of carbonyl (C=O) groups excluding carboxylic acids is 1. The second-order valence-corrected chi connectivity index (χ2v) is 6.35. The van der Waals surface area contributed by atoms with Gasteiger partial charge in [0.1, 0.15) is 12.4 Å². The van der Waals surface area contributed by atoms with Gasteiger partial charge in [-0.3, -0.25) is 0 Å². The van der Waals surface area contributed by atoms with E-state index in [-0.39, 0.29) is 23.7 Å². The summed E-state index contributed by atoms with van der Waals surface area (Å²) in [5.41, 5.74) is 9.13. The molecule has 160 valence electrons. The fourth-order valence-electron chi connectivity index (χ4n) is 2.73. The Kier molecular flexibility index (Phi) is 6.43. The van der Waals surface area contributed by atoms with E-state index < -0.39 is 17.8 Å². The number of carbonyl (C=O) groups is 1. The molecule has 8 nitrogen and oxygen atoms in total. The molecule has 11 heteroatoms. The van der Waals surface area contributed by atoms with Crippen LogP contribution in [-0.4, -0.2) is 16.0 Å². The number of alkyl halides is 3. The zero-order valence-electron chi connectivity index (χ0n) is 16.2. The molecule has 0 aliphatic heterocycles. The van der Waals surface area contributed by atoms with E-state index >= 15 is 0 Å². The predicted octanol–water partition coefficient (Wildman–Crippen LogP) is 5.12. The standard InChI is InChI=1S/C20H17F3N6O2/c1-12-8-9-25-18(26-12)13-6-7-17(15(10-13)20(21,22)23)31-11-14-4-2-3-5-16(14)27-19(30)28-29-24/h2-10H,11H2,1H3,(H3,24,27,28,30). The predicted molar refractivity (Wildman–Crippen MR) is 105 cm³/mol. The van der Waals surface area contributed by atoms with Crippen molar-refractivity contribution in [1.29, 1.82) is 5.53 Å². The maximum Gasteiger partial charge on any atom is 0.419 e. The van der Waals surface area contributed by atoms with Gasteiger partial charge in [0.05, 0.1) is 5.56 Å². The Labute approximate surface area is 175 Å². The van der Waals surface area contributed by atoms with Crippen LogP contribution in [0, 0.1) is 12.5 Å². The van der Waals surface area contributed by atoms with E-state index in [1.54, 1.807) is 37.3 Å². The molecule has 0 spiro atoms. The van der Waals surface area contributed by atoms with Crippen LogP contribution in [0.3, 0.4) is 0 Å². The summed E-state index contributed by atoms with van der Waals surface area (Å²) in [5, 5.41) is 5.20. The zero-order valence-corrected chi connectivity index (χ0v) is 16.2. The number of amides is 2. The van der Waals surface area contributed by atoms with E-state index in [0.717, 1.165) is 6.07 Å². The highest BCUT2D eigenvalue weighted by Gasteiger charge is 2.35. The molecule has 0 aliphatic rings. The van der Waals surface area contributed by atoms with Crippen LogP contribution in [0.25, 0.3) is 11.4 Å². The van der Waals surface area contributed by atoms with E-state index in [2.05, 4.69) is 20.5 Å². The monoisotopic (exact) mass is 430 g/mol. The van der Waals surface area contributed by atoms with Gasteiger partial charge in [0.15, 0.2) is 5.82 Å². The van der Waals surface area contributed by atoms with Crippen molar-refractivity contribution in [2.45, 2.75) is 19.7 Å². The highest BCUT2D eigenvalue weighted by Crippen LogP contribution is 2.38. The number of halogens is 3. The average molecular weight is 430 g/mol. The summed E-state index contributed by atoms with van der Waals surface area (Å²) in [6, 6.07) is 10.9. The Bertz CT molecular complexity index is 1100. The first-order valence-corrected chi connectivity index (χ1v) is 8.93. The molecule has 0 saturated carbocycles. The first kappa shape index (κ1) is 21.7. The van der Waals surface area contributed by atoms with Crippen molar-refractivity contribution < 1.29 is 22.7 Å². The Morgan fingerprint density at radius 3 is 2.68 bits per heavy atom. The van der Waals surface area contributed by atoms with Gasteiger partial charge in [-0.05, 0) is 37.3 Å². The number of hydrogen-bond donors (Lipinski definition) is 3. The maximum absolute atomic E-state index is 13.7. The van der Waals surface area contributed by atoms with Gasteiger partial charge in [-0.25, -0.2) is 20.2 Å². The molecule has 0 radical (unpaired) electrons. The zero-order chi connectivity index (χ0) is 22.4. The number of para-hydroxylation sites is 1. The van der Waals surface area contributed by atoms with E-state index in [4.69, 9.17) is 10.3 Å². The number of urea groups is 1. The lowest BCUT2D eigenvalue weighted by Crippen LogP contribution is -2.24. The lowest BCUT2D eigenvalue weighted by atomic mass is 10.1. The summed E-state index contributed by atoms with van der Waals surface area (Å²) in [4.78, 5) is 19.8. The molecular formula is C20H17F3N6O2. The van der Waals surface area contributed by atoms with Gasteiger partial charge in [-0.1, -0.05) is 23.4 Å². The molecule has 2 amide bonds. The first-order valence-electron chi connectivity index (χ1n) is 8.93. The van der Waals surface area contributed by atoms with Crippen LogP contribution in [0.1, 0.15) is 16.8 Å². The van der Waals surface area contributed by atoms with Crippen LogP contribution in [0.4, 0.5) is 23.7 Å². The van der Waals surface area contributed by atoms with E-state index in [1.807, 2.05) is 5.43 Å². The van der Waals surface area contributed by atoms with Crippen LogP contribution in [0.2, 0.25) is 0 Å². The van der Waals surface area contributed by atoms with Gasteiger partial charge in [-0.2, -0.15) is 18.7 Å². The van der Waals surface area contributed by atoms with Gasteiger partial charge < -0.3 is 10.1 Å². The average Bonchev–Trinajstić information content (AvgIpc) is 2.72. The Morgan fingerprint density at radius 2 is 1.97 bits per heavy atom. The van der Waals surface area contributed by atoms with E-state index in [1.165, 1.54) is 18.3 Å². The van der Waals surface area contributed by atoms with Crippen LogP contribution >= 0.6 is 0 Å². The lowest BCUT2D eigenvalue weighted by Gasteiger charge is -2.16. The number of nitrogens with one attached hydrogen (secondary N) is 3. The Balaban J connectivity index is 1.87. The van der Waals surface area contributed by atoms with Crippen molar-refractivity contribution in [2.24, 2.45) is 5.22 Å². The summed E-state index contributed by atoms with van der Waals surface area (Å²) < 4.78 is 46.5. The third-order valence-corrected chi connectivity index (χ3v) is 4.14. The van der Waals surface area contributed by atoms with Crippen molar-refractivity contribution >= 4 is 11.7 Å². The summed E-state index contributed by atoms with van der Waals surface area (Å²) in [6.07, 6.45) is -3.19. The van der Waals surface area contributed by atoms with Crippen LogP contribution in [-0.2, 0) is 12.8 Å². The SMILES string of the molecule is Cc1ccnc(-c2ccc(OCc3ccccc3NC(=O)NN=N)c(C(F)(F)F)c2)n1. The van der Waals surface area contributed by atoms with Crippen LogP contribution in [0.15, 0.2) is 60.0 Å². The molecule has 31 heavy (non-hydrogen) atoms. The molecule has 0 fully saturated rings. The summed E-state index contributed by atoms with van der Waals surface area (Å²) in [7, 11) is 0. The minimum atomic E-state index is -4.66.